The summed E-state index contributed by atoms with van der Waals surface area (Å²) in [6, 6.07) is 8.49. The lowest BCUT2D eigenvalue weighted by atomic mass is 9.92. The number of hydrogen-bond donors (Lipinski definition) is 0. The first kappa shape index (κ1) is 7.17. The van der Waals surface area contributed by atoms with Crippen molar-refractivity contribution in [1.82, 2.24) is 0 Å². The van der Waals surface area contributed by atoms with Crippen molar-refractivity contribution in [2.24, 2.45) is 0 Å². The van der Waals surface area contributed by atoms with E-state index >= 15 is 0 Å². The molecule has 1 aliphatic carbocycles. The van der Waals surface area contributed by atoms with E-state index in [-0.39, 0.29) is 5.38 Å². The number of hydrogen-bond acceptors (Lipinski definition) is 0. The van der Waals surface area contributed by atoms with Crippen LogP contribution in [0.25, 0.3) is 0 Å². The van der Waals surface area contributed by atoms with Crippen LogP contribution >= 0.6 is 11.6 Å². The number of fused-ring (bicyclic) bond motifs is 1. The molecule has 0 aromatic heterocycles. The molecule has 0 fully saturated rings. The van der Waals surface area contributed by atoms with E-state index in [1.54, 1.807) is 0 Å². The summed E-state index contributed by atoms with van der Waals surface area (Å²) >= 11 is 6.15. The molecule has 1 aliphatic rings. The fraction of sp³-hybridized carbons (Fsp3) is 0.400. The van der Waals surface area contributed by atoms with Crippen LogP contribution in [-0.2, 0) is 6.42 Å². The molecule has 0 spiro atoms. The summed E-state index contributed by atoms with van der Waals surface area (Å²) in [5.41, 5.74) is 2.79. The second kappa shape index (κ2) is 2.86. The Morgan fingerprint density at radius 3 is 2.91 bits per heavy atom. The average Bonchev–Trinajstić information content (AvgIpc) is 2.06. The number of halogens is 1. The van der Waals surface area contributed by atoms with Gasteiger partial charge in [-0.05, 0) is 30.4 Å². The van der Waals surface area contributed by atoms with Crippen LogP contribution < -0.4 is 0 Å². The second-order valence-corrected chi connectivity index (χ2v) is 3.59. The Labute approximate surface area is 72.2 Å². The summed E-state index contributed by atoms with van der Waals surface area (Å²) in [7, 11) is 0. The van der Waals surface area contributed by atoms with Crippen LogP contribution in [0.5, 0.6) is 0 Å². The zero-order valence-corrected chi connectivity index (χ0v) is 7.14. The summed E-state index contributed by atoms with van der Waals surface area (Å²) < 4.78 is 0. The summed E-state index contributed by atoms with van der Waals surface area (Å²) in [6.45, 7) is 0. The molecule has 0 saturated heterocycles. The maximum absolute atomic E-state index is 6.15. The quantitative estimate of drug-likeness (QED) is 0.519. The Morgan fingerprint density at radius 1 is 1.27 bits per heavy atom. The monoisotopic (exact) mass is 166 g/mol. The first-order valence-corrected chi connectivity index (χ1v) is 4.53. The highest BCUT2D eigenvalue weighted by Crippen LogP contribution is 2.33. The molecule has 11 heavy (non-hydrogen) atoms. The van der Waals surface area contributed by atoms with E-state index in [0.29, 0.717) is 0 Å². The van der Waals surface area contributed by atoms with Gasteiger partial charge < -0.3 is 0 Å². The van der Waals surface area contributed by atoms with Crippen molar-refractivity contribution in [1.29, 1.82) is 0 Å². The lowest BCUT2D eigenvalue weighted by Crippen LogP contribution is -2.04. The van der Waals surface area contributed by atoms with Crippen molar-refractivity contribution in [3.8, 4) is 0 Å². The van der Waals surface area contributed by atoms with Gasteiger partial charge in [0.05, 0.1) is 5.38 Å². The predicted molar refractivity (Wildman–Crippen MR) is 48.0 cm³/mol. The molecule has 0 bridgehead atoms. The SMILES string of the molecule is ClC1CCCc2ccccc21. The Kier molecular flexibility index (Phi) is 1.87. The number of benzene rings is 1. The molecule has 1 aromatic carbocycles. The maximum Gasteiger partial charge on any atom is 0.0588 e. The lowest BCUT2D eigenvalue weighted by Gasteiger charge is -2.19. The summed E-state index contributed by atoms with van der Waals surface area (Å²) in [6.07, 6.45) is 3.59. The van der Waals surface area contributed by atoms with Crippen LogP contribution in [-0.4, -0.2) is 0 Å². The predicted octanol–water partition coefficient (Wildman–Crippen LogP) is 3.30. The van der Waals surface area contributed by atoms with E-state index in [1.165, 1.54) is 24.0 Å². The van der Waals surface area contributed by atoms with Gasteiger partial charge >= 0.3 is 0 Å². The Hall–Kier alpha value is -0.490. The van der Waals surface area contributed by atoms with Crippen LogP contribution in [0.4, 0.5) is 0 Å². The minimum absolute atomic E-state index is 0.264. The molecule has 1 heteroatoms. The smallest absolute Gasteiger partial charge is 0.0588 e. The lowest BCUT2D eigenvalue weighted by molar-refractivity contribution is 0.667. The molecule has 2 rings (SSSR count). The molecule has 0 aliphatic heterocycles. The van der Waals surface area contributed by atoms with Crippen molar-refractivity contribution < 1.29 is 0 Å². The van der Waals surface area contributed by atoms with Crippen molar-refractivity contribution in [2.45, 2.75) is 24.6 Å². The molecule has 58 valence electrons. The summed E-state index contributed by atoms with van der Waals surface area (Å²) in [4.78, 5) is 0. The highest BCUT2D eigenvalue weighted by atomic mass is 35.5. The van der Waals surface area contributed by atoms with E-state index in [0.717, 1.165) is 6.42 Å². The molecular formula is C10H11Cl. The number of rotatable bonds is 0. The molecule has 0 N–H and O–H groups in total. The Morgan fingerprint density at radius 2 is 2.09 bits per heavy atom. The van der Waals surface area contributed by atoms with E-state index in [4.69, 9.17) is 11.6 Å². The molecule has 1 atom stereocenters. The third-order valence-corrected chi connectivity index (χ3v) is 2.75. The molecule has 0 saturated carbocycles. The Balaban J connectivity index is 2.44. The van der Waals surface area contributed by atoms with E-state index in [9.17, 15) is 0 Å². The van der Waals surface area contributed by atoms with Gasteiger partial charge in [-0.15, -0.1) is 11.6 Å². The minimum Gasteiger partial charge on any atom is -0.118 e. The van der Waals surface area contributed by atoms with Crippen LogP contribution in [0, 0.1) is 0 Å². The molecular weight excluding hydrogens is 156 g/mol. The van der Waals surface area contributed by atoms with Gasteiger partial charge in [0.25, 0.3) is 0 Å². The van der Waals surface area contributed by atoms with Gasteiger partial charge in [0.15, 0.2) is 0 Å². The zero-order chi connectivity index (χ0) is 7.68. The topological polar surface area (TPSA) is 0 Å². The van der Waals surface area contributed by atoms with E-state index < -0.39 is 0 Å². The van der Waals surface area contributed by atoms with Crippen molar-refractivity contribution in [2.75, 3.05) is 0 Å². The van der Waals surface area contributed by atoms with Crippen molar-refractivity contribution in [3.05, 3.63) is 35.4 Å². The Bertz CT molecular complexity index is 255. The van der Waals surface area contributed by atoms with Gasteiger partial charge in [-0.2, -0.15) is 0 Å². The van der Waals surface area contributed by atoms with Gasteiger partial charge in [-0.3, -0.25) is 0 Å². The molecule has 0 nitrogen and oxygen atoms in total. The largest absolute Gasteiger partial charge is 0.118 e. The van der Waals surface area contributed by atoms with E-state index in [1.807, 2.05) is 0 Å². The highest BCUT2D eigenvalue weighted by Gasteiger charge is 2.16. The van der Waals surface area contributed by atoms with Crippen molar-refractivity contribution >= 4 is 11.6 Å². The first-order valence-electron chi connectivity index (χ1n) is 4.10. The third-order valence-electron chi connectivity index (χ3n) is 2.30. The average molecular weight is 167 g/mol. The third kappa shape index (κ3) is 1.28. The highest BCUT2D eigenvalue weighted by molar-refractivity contribution is 6.21. The van der Waals surface area contributed by atoms with Gasteiger partial charge in [0.1, 0.15) is 0 Å². The number of alkyl halides is 1. The van der Waals surface area contributed by atoms with Gasteiger partial charge in [0, 0.05) is 0 Å². The zero-order valence-electron chi connectivity index (χ0n) is 6.39. The summed E-state index contributed by atoms with van der Waals surface area (Å²) in [5, 5.41) is 0.264. The van der Waals surface area contributed by atoms with Crippen LogP contribution in [0.15, 0.2) is 24.3 Å². The standard InChI is InChI=1S/C10H11Cl/c11-10-7-3-5-8-4-1-2-6-9(8)10/h1-2,4,6,10H,3,5,7H2. The van der Waals surface area contributed by atoms with Crippen LogP contribution in [0.2, 0.25) is 0 Å². The maximum atomic E-state index is 6.15. The fourth-order valence-corrected chi connectivity index (χ4v) is 2.06. The van der Waals surface area contributed by atoms with Crippen molar-refractivity contribution in [3.63, 3.8) is 0 Å². The van der Waals surface area contributed by atoms with Gasteiger partial charge in [0.2, 0.25) is 0 Å². The van der Waals surface area contributed by atoms with Crippen LogP contribution in [0.1, 0.15) is 29.3 Å². The molecule has 1 aromatic rings. The summed E-state index contributed by atoms with van der Waals surface area (Å²) in [5.74, 6) is 0. The van der Waals surface area contributed by atoms with Gasteiger partial charge in [-0.25, -0.2) is 0 Å². The molecule has 0 amide bonds. The molecule has 1 unspecified atom stereocenters. The minimum atomic E-state index is 0.264. The van der Waals surface area contributed by atoms with E-state index in [2.05, 4.69) is 24.3 Å². The molecule has 0 radical (unpaired) electrons. The first-order chi connectivity index (χ1) is 5.38. The van der Waals surface area contributed by atoms with Gasteiger partial charge in [-0.1, -0.05) is 24.3 Å². The second-order valence-electron chi connectivity index (χ2n) is 3.06. The fourth-order valence-electron chi connectivity index (χ4n) is 1.69. The normalized spacial score (nSPS) is 22.8. The number of aryl methyl sites for hydroxylation is 1. The van der Waals surface area contributed by atoms with Crippen LogP contribution in [0.3, 0.4) is 0 Å². The molecule has 0 heterocycles.